The monoisotopic (exact) mass is 423 g/mol. The number of hydrogen-bond donors (Lipinski definition) is 2. The van der Waals surface area contributed by atoms with Gasteiger partial charge in [-0.15, -0.1) is 0 Å². The standard InChI is InChI=1S/C25H25N7/c1-16-7-8-26-23(13-16)25-28-19-5-3-17(14-21(19)30-25)24-27-20-6-4-18(15-22(20)29-24)32-11-9-31(2)10-12-32/h3-8,13-15H,9-12H2,1-2H3,(H,27,29)(H,28,30). The van der Waals surface area contributed by atoms with Crippen molar-refractivity contribution < 1.29 is 0 Å². The number of imidazole rings is 2. The Morgan fingerprint density at radius 2 is 1.50 bits per heavy atom. The molecule has 0 bridgehead atoms. The molecule has 1 saturated heterocycles. The van der Waals surface area contributed by atoms with Crippen molar-refractivity contribution >= 4 is 27.8 Å². The smallest absolute Gasteiger partial charge is 0.157 e. The molecule has 3 aromatic heterocycles. The highest BCUT2D eigenvalue weighted by Gasteiger charge is 2.16. The zero-order chi connectivity index (χ0) is 21.7. The number of nitrogens with one attached hydrogen (secondary N) is 2. The molecule has 4 heterocycles. The second-order valence-corrected chi connectivity index (χ2v) is 8.61. The Hall–Kier alpha value is -3.71. The fourth-order valence-electron chi connectivity index (χ4n) is 4.34. The number of hydrogen-bond acceptors (Lipinski definition) is 5. The van der Waals surface area contributed by atoms with Gasteiger partial charge in [0.25, 0.3) is 0 Å². The summed E-state index contributed by atoms with van der Waals surface area (Å²) in [5.74, 6) is 1.64. The Bertz CT molecular complexity index is 1420. The van der Waals surface area contributed by atoms with Gasteiger partial charge in [-0.3, -0.25) is 4.98 Å². The second kappa shape index (κ2) is 7.46. The highest BCUT2D eigenvalue weighted by molar-refractivity contribution is 5.86. The largest absolute Gasteiger partial charge is 0.369 e. The molecule has 0 spiro atoms. The lowest BCUT2D eigenvalue weighted by atomic mass is 10.2. The topological polar surface area (TPSA) is 76.7 Å². The third-order valence-corrected chi connectivity index (χ3v) is 6.25. The zero-order valence-electron chi connectivity index (χ0n) is 18.3. The number of aromatic nitrogens is 5. The van der Waals surface area contributed by atoms with E-state index in [-0.39, 0.29) is 0 Å². The molecule has 0 aliphatic carbocycles. The minimum atomic E-state index is 0.780. The highest BCUT2D eigenvalue weighted by atomic mass is 15.2. The van der Waals surface area contributed by atoms with Crippen LogP contribution in [0.2, 0.25) is 0 Å². The van der Waals surface area contributed by atoms with Crippen LogP contribution in [0.1, 0.15) is 5.56 Å². The van der Waals surface area contributed by atoms with Crippen LogP contribution < -0.4 is 4.90 Å². The molecule has 0 unspecified atom stereocenters. The maximum Gasteiger partial charge on any atom is 0.157 e. The molecule has 5 aromatic rings. The van der Waals surface area contributed by atoms with Crippen LogP contribution in [0.5, 0.6) is 0 Å². The molecule has 1 aliphatic heterocycles. The lowest BCUT2D eigenvalue weighted by molar-refractivity contribution is 0.313. The van der Waals surface area contributed by atoms with Crippen molar-refractivity contribution in [2.24, 2.45) is 0 Å². The van der Waals surface area contributed by atoms with E-state index in [4.69, 9.17) is 9.97 Å². The van der Waals surface area contributed by atoms with Crippen LogP contribution in [0.4, 0.5) is 5.69 Å². The van der Waals surface area contributed by atoms with Gasteiger partial charge >= 0.3 is 0 Å². The van der Waals surface area contributed by atoms with Gasteiger partial charge in [-0.25, -0.2) is 9.97 Å². The fourth-order valence-corrected chi connectivity index (χ4v) is 4.34. The maximum atomic E-state index is 4.84. The second-order valence-electron chi connectivity index (χ2n) is 8.61. The van der Waals surface area contributed by atoms with Crippen LogP contribution in [0.25, 0.3) is 45.0 Å². The number of nitrogens with zero attached hydrogens (tertiary/aromatic N) is 5. The summed E-state index contributed by atoms with van der Waals surface area (Å²) in [6.45, 7) is 6.35. The van der Waals surface area contributed by atoms with Gasteiger partial charge in [-0.2, -0.15) is 0 Å². The van der Waals surface area contributed by atoms with E-state index in [0.717, 1.165) is 76.7 Å². The van der Waals surface area contributed by atoms with Crippen molar-refractivity contribution in [2.45, 2.75) is 6.92 Å². The Morgan fingerprint density at radius 3 is 2.31 bits per heavy atom. The molecular weight excluding hydrogens is 398 g/mol. The molecule has 0 radical (unpaired) electrons. The fraction of sp³-hybridized carbons (Fsp3) is 0.240. The van der Waals surface area contributed by atoms with Gasteiger partial charge in [0.2, 0.25) is 0 Å². The number of pyridine rings is 1. The minimum absolute atomic E-state index is 0.780. The van der Waals surface area contributed by atoms with Crippen LogP contribution in [-0.2, 0) is 0 Å². The molecule has 2 N–H and O–H groups in total. The summed E-state index contributed by atoms with van der Waals surface area (Å²) < 4.78 is 0. The van der Waals surface area contributed by atoms with Gasteiger partial charge in [-0.05, 0) is 68.1 Å². The van der Waals surface area contributed by atoms with Crippen molar-refractivity contribution in [3.8, 4) is 22.9 Å². The number of benzene rings is 2. The minimum Gasteiger partial charge on any atom is -0.369 e. The van der Waals surface area contributed by atoms with Gasteiger partial charge in [0, 0.05) is 43.6 Å². The zero-order valence-corrected chi connectivity index (χ0v) is 18.3. The first-order valence-corrected chi connectivity index (χ1v) is 11.0. The van der Waals surface area contributed by atoms with E-state index in [1.165, 1.54) is 5.69 Å². The molecule has 7 heteroatoms. The summed E-state index contributed by atoms with van der Waals surface area (Å²) >= 11 is 0. The molecule has 1 fully saturated rings. The summed E-state index contributed by atoms with van der Waals surface area (Å²) in [6.07, 6.45) is 1.81. The van der Waals surface area contributed by atoms with Crippen molar-refractivity contribution in [3.05, 3.63) is 60.3 Å². The SMILES string of the molecule is Cc1ccnc(-c2nc3ccc(-c4nc5ccc(N6CCN(C)CC6)cc5[nH]4)cc3[nH]2)c1. The van der Waals surface area contributed by atoms with Crippen LogP contribution in [0.15, 0.2) is 54.7 Å². The lowest BCUT2D eigenvalue weighted by Crippen LogP contribution is -2.44. The molecule has 1 aliphatic rings. The van der Waals surface area contributed by atoms with Crippen LogP contribution in [-0.4, -0.2) is 63.0 Å². The van der Waals surface area contributed by atoms with Crippen molar-refractivity contribution in [1.82, 2.24) is 29.8 Å². The predicted molar refractivity (Wildman–Crippen MR) is 129 cm³/mol. The third kappa shape index (κ3) is 3.40. The number of anilines is 1. The molecule has 6 rings (SSSR count). The Labute approximate surface area is 186 Å². The van der Waals surface area contributed by atoms with Crippen molar-refractivity contribution in [2.75, 3.05) is 38.1 Å². The summed E-state index contributed by atoms with van der Waals surface area (Å²) in [7, 11) is 2.18. The Balaban J connectivity index is 1.33. The van der Waals surface area contributed by atoms with Crippen LogP contribution in [0.3, 0.4) is 0 Å². The normalized spacial score (nSPS) is 15.1. The number of likely N-dealkylation sites (N-methyl/N-ethyl adjacent to an activating group) is 1. The molecule has 160 valence electrons. The first kappa shape index (κ1) is 19.0. The van der Waals surface area contributed by atoms with E-state index in [1.807, 2.05) is 24.4 Å². The Kier molecular flexibility index (Phi) is 4.43. The van der Waals surface area contributed by atoms with Gasteiger partial charge in [0.05, 0.1) is 22.1 Å². The lowest BCUT2D eigenvalue weighted by Gasteiger charge is -2.34. The average Bonchev–Trinajstić information content (AvgIpc) is 3.43. The summed E-state index contributed by atoms with van der Waals surface area (Å²) in [5.41, 5.74) is 8.22. The molecule has 0 saturated carbocycles. The molecular formula is C25H25N7. The number of H-pyrrole nitrogens is 2. The first-order chi connectivity index (χ1) is 15.6. The third-order valence-electron chi connectivity index (χ3n) is 6.25. The van der Waals surface area contributed by atoms with Crippen LogP contribution >= 0.6 is 0 Å². The number of piperazine rings is 1. The van der Waals surface area contributed by atoms with E-state index in [0.29, 0.717) is 0 Å². The molecule has 0 amide bonds. The van der Waals surface area contributed by atoms with Crippen LogP contribution in [0, 0.1) is 6.92 Å². The quantitative estimate of drug-likeness (QED) is 0.454. The number of aryl methyl sites for hydroxylation is 1. The number of rotatable bonds is 3. The van der Waals surface area contributed by atoms with Crippen molar-refractivity contribution in [1.29, 1.82) is 0 Å². The summed E-state index contributed by atoms with van der Waals surface area (Å²) in [5, 5.41) is 0. The van der Waals surface area contributed by atoms with E-state index < -0.39 is 0 Å². The van der Waals surface area contributed by atoms with E-state index in [1.54, 1.807) is 0 Å². The maximum absolute atomic E-state index is 4.84. The summed E-state index contributed by atoms with van der Waals surface area (Å²) in [6, 6.07) is 16.7. The molecule has 2 aromatic carbocycles. The van der Waals surface area contributed by atoms with E-state index >= 15 is 0 Å². The van der Waals surface area contributed by atoms with Gasteiger partial charge in [-0.1, -0.05) is 0 Å². The van der Waals surface area contributed by atoms with Gasteiger partial charge < -0.3 is 19.8 Å². The molecule has 7 nitrogen and oxygen atoms in total. The highest BCUT2D eigenvalue weighted by Crippen LogP contribution is 2.28. The number of fused-ring (bicyclic) bond motifs is 2. The van der Waals surface area contributed by atoms with E-state index in [2.05, 4.69) is 69.1 Å². The van der Waals surface area contributed by atoms with Crippen molar-refractivity contribution in [3.63, 3.8) is 0 Å². The van der Waals surface area contributed by atoms with E-state index in [9.17, 15) is 0 Å². The molecule has 0 atom stereocenters. The number of aromatic amines is 2. The summed E-state index contributed by atoms with van der Waals surface area (Å²) in [4.78, 5) is 25.7. The predicted octanol–water partition coefficient (Wildman–Crippen LogP) is 4.23. The van der Waals surface area contributed by atoms with Gasteiger partial charge in [0.1, 0.15) is 11.5 Å². The molecule has 32 heavy (non-hydrogen) atoms. The van der Waals surface area contributed by atoms with Gasteiger partial charge in [0.15, 0.2) is 5.82 Å². The Morgan fingerprint density at radius 1 is 0.781 bits per heavy atom. The first-order valence-electron chi connectivity index (χ1n) is 11.0. The average molecular weight is 424 g/mol.